The second-order valence-corrected chi connectivity index (χ2v) is 6.44. The third-order valence-electron chi connectivity index (χ3n) is 4.82. The van der Waals surface area contributed by atoms with Crippen molar-refractivity contribution in [2.45, 2.75) is 58.3 Å². The highest BCUT2D eigenvalue weighted by Gasteiger charge is 2.34. The van der Waals surface area contributed by atoms with Crippen LogP contribution < -0.4 is 5.32 Å². The smallest absolute Gasteiger partial charge is 0.307 e. The molecule has 0 saturated heterocycles. The average Bonchev–Trinajstić information content (AvgIpc) is 2.42. The number of halogens is 3. The molecule has 2 rings (SSSR count). The van der Waals surface area contributed by atoms with Crippen molar-refractivity contribution in [1.82, 2.24) is 5.32 Å². The molecule has 1 nitrogen and oxygen atoms in total. The summed E-state index contributed by atoms with van der Waals surface area (Å²) < 4.78 is 39.2. The monoisotopic (exact) mass is 299 g/mol. The fourth-order valence-corrected chi connectivity index (χ4v) is 3.27. The van der Waals surface area contributed by atoms with Crippen LogP contribution in [-0.4, -0.2) is 6.04 Å². The van der Waals surface area contributed by atoms with Crippen LogP contribution in [0.5, 0.6) is 0 Å². The van der Waals surface area contributed by atoms with Gasteiger partial charge in [-0.2, -0.15) is 13.2 Å². The lowest BCUT2D eigenvalue weighted by Crippen LogP contribution is -2.38. The maximum atomic E-state index is 13.1. The molecule has 4 unspecified atom stereocenters. The molecule has 0 aliphatic heterocycles. The first-order chi connectivity index (χ1) is 9.79. The van der Waals surface area contributed by atoms with Crippen LogP contribution in [0.4, 0.5) is 13.2 Å². The average molecular weight is 299 g/mol. The molecule has 1 saturated carbocycles. The SMILES string of the molecule is CC(NC1CCC(C)C(C)C1)c1ccccc1C(F)(F)F. The van der Waals surface area contributed by atoms with Crippen molar-refractivity contribution >= 4 is 0 Å². The molecule has 4 atom stereocenters. The number of hydrogen-bond donors (Lipinski definition) is 1. The molecular weight excluding hydrogens is 275 g/mol. The Morgan fingerprint density at radius 3 is 2.38 bits per heavy atom. The van der Waals surface area contributed by atoms with Crippen molar-refractivity contribution in [2.24, 2.45) is 11.8 Å². The quantitative estimate of drug-likeness (QED) is 0.811. The molecule has 21 heavy (non-hydrogen) atoms. The lowest BCUT2D eigenvalue weighted by Gasteiger charge is -2.34. The van der Waals surface area contributed by atoms with E-state index in [-0.39, 0.29) is 6.04 Å². The molecule has 0 amide bonds. The highest BCUT2D eigenvalue weighted by Crippen LogP contribution is 2.35. The van der Waals surface area contributed by atoms with Gasteiger partial charge in [-0.1, -0.05) is 32.0 Å². The fourth-order valence-electron chi connectivity index (χ4n) is 3.27. The lowest BCUT2D eigenvalue weighted by atomic mass is 9.79. The zero-order valence-electron chi connectivity index (χ0n) is 12.9. The first-order valence-electron chi connectivity index (χ1n) is 7.71. The van der Waals surface area contributed by atoms with E-state index in [0.717, 1.165) is 19.3 Å². The van der Waals surface area contributed by atoms with E-state index in [0.29, 0.717) is 23.4 Å². The van der Waals surface area contributed by atoms with E-state index in [9.17, 15) is 13.2 Å². The molecule has 1 aliphatic rings. The first kappa shape index (κ1) is 16.3. The summed E-state index contributed by atoms with van der Waals surface area (Å²) in [4.78, 5) is 0. The topological polar surface area (TPSA) is 12.0 Å². The summed E-state index contributed by atoms with van der Waals surface area (Å²) in [5, 5.41) is 3.40. The van der Waals surface area contributed by atoms with Gasteiger partial charge < -0.3 is 5.32 Å². The van der Waals surface area contributed by atoms with Crippen molar-refractivity contribution in [2.75, 3.05) is 0 Å². The van der Waals surface area contributed by atoms with Gasteiger partial charge in [-0.05, 0) is 49.7 Å². The van der Waals surface area contributed by atoms with Gasteiger partial charge in [-0.3, -0.25) is 0 Å². The summed E-state index contributed by atoms with van der Waals surface area (Å²) in [6, 6.07) is 5.90. The predicted molar refractivity (Wildman–Crippen MR) is 79.0 cm³/mol. The largest absolute Gasteiger partial charge is 0.416 e. The summed E-state index contributed by atoms with van der Waals surface area (Å²) in [6.07, 6.45) is -1.06. The summed E-state index contributed by atoms with van der Waals surface area (Å²) in [5.74, 6) is 1.34. The van der Waals surface area contributed by atoms with Gasteiger partial charge in [0.05, 0.1) is 5.56 Å². The van der Waals surface area contributed by atoms with Crippen LogP contribution >= 0.6 is 0 Å². The second-order valence-electron chi connectivity index (χ2n) is 6.44. The van der Waals surface area contributed by atoms with Crippen LogP contribution in [0, 0.1) is 11.8 Å². The summed E-state index contributed by atoms with van der Waals surface area (Å²) in [6.45, 7) is 6.31. The maximum absolute atomic E-state index is 13.1. The molecule has 0 spiro atoms. The van der Waals surface area contributed by atoms with E-state index in [1.807, 2.05) is 6.92 Å². The summed E-state index contributed by atoms with van der Waals surface area (Å²) in [5.41, 5.74) is -0.182. The van der Waals surface area contributed by atoms with Gasteiger partial charge in [-0.25, -0.2) is 0 Å². The Balaban J connectivity index is 2.09. The van der Waals surface area contributed by atoms with Crippen LogP contribution in [-0.2, 0) is 6.18 Å². The van der Waals surface area contributed by atoms with Gasteiger partial charge in [0.1, 0.15) is 0 Å². The van der Waals surface area contributed by atoms with Crippen molar-refractivity contribution in [1.29, 1.82) is 0 Å². The van der Waals surface area contributed by atoms with Gasteiger partial charge in [0, 0.05) is 12.1 Å². The van der Waals surface area contributed by atoms with E-state index in [2.05, 4.69) is 19.2 Å². The number of rotatable bonds is 3. The van der Waals surface area contributed by atoms with Crippen LogP contribution in [0.2, 0.25) is 0 Å². The summed E-state index contributed by atoms with van der Waals surface area (Å²) >= 11 is 0. The highest BCUT2D eigenvalue weighted by molar-refractivity contribution is 5.32. The highest BCUT2D eigenvalue weighted by atomic mass is 19.4. The van der Waals surface area contributed by atoms with Crippen molar-refractivity contribution in [3.63, 3.8) is 0 Å². The normalized spacial score (nSPS) is 28.4. The third kappa shape index (κ3) is 4.00. The van der Waals surface area contributed by atoms with Gasteiger partial charge >= 0.3 is 6.18 Å². The summed E-state index contributed by atoms with van der Waals surface area (Å²) in [7, 11) is 0. The molecule has 118 valence electrons. The minimum Gasteiger partial charge on any atom is -0.307 e. The second kappa shape index (κ2) is 6.39. The van der Waals surface area contributed by atoms with Gasteiger partial charge in [0.2, 0.25) is 0 Å². The molecule has 1 aromatic carbocycles. The zero-order chi connectivity index (χ0) is 15.6. The van der Waals surface area contributed by atoms with Crippen LogP contribution in [0.1, 0.15) is 57.2 Å². The van der Waals surface area contributed by atoms with E-state index < -0.39 is 11.7 Å². The van der Waals surface area contributed by atoms with Crippen molar-refractivity contribution in [3.8, 4) is 0 Å². The van der Waals surface area contributed by atoms with E-state index in [1.54, 1.807) is 12.1 Å². The predicted octanol–water partition coefficient (Wildman–Crippen LogP) is 5.18. The number of hydrogen-bond acceptors (Lipinski definition) is 1. The number of benzene rings is 1. The van der Waals surface area contributed by atoms with Crippen LogP contribution in [0.3, 0.4) is 0 Å². The Morgan fingerprint density at radius 2 is 1.76 bits per heavy atom. The van der Waals surface area contributed by atoms with E-state index in [1.165, 1.54) is 12.1 Å². The Bertz CT molecular complexity index is 469. The number of alkyl halides is 3. The van der Waals surface area contributed by atoms with Gasteiger partial charge in [0.15, 0.2) is 0 Å². The first-order valence-corrected chi connectivity index (χ1v) is 7.71. The molecule has 1 aliphatic carbocycles. The fraction of sp³-hybridized carbons (Fsp3) is 0.647. The molecule has 0 radical (unpaired) electrons. The molecule has 0 aromatic heterocycles. The van der Waals surface area contributed by atoms with Gasteiger partial charge in [0.25, 0.3) is 0 Å². The zero-order valence-corrected chi connectivity index (χ0v) is 12.9. The van der Waals surface area contributed by atoms with Gasteiger partial charge in [-0.15, -0.1) is 0 Å². The van der Waals surface area contributed by atoms with Crippen molar-refractivity contribution in [3.05, 3.63) is 35.4 Å². The molecule has 1 aromatic rings. The molecule has 1 N–H and O–H groups in total. The lowest BCUT2D eigenvalue weighted by molar-refractivity contribution is -0.138. The van der Waals surface area contributed by atoms with E-state index >= 15 is 0 Å². The maximum Gasteiger partial charge on any atom is 0.416 e. The molecular formula is C17H24F3N. The standard InChI is InChI=1S/C17H24F3N/c1-11-8-9-14(10-12(11)2)21-13(3)15-6-4-5-7-16(15)17(18,19)20/h4-7,11-14,21H,8-10H2,1-3H3. The third-order valence-corrected chi connectivity index (χ3v) is 4.82. The minimum absolute atomic E-state index is 0.284. The molecule has 0 heterocycles. The minimum atomic E-state index is -4.29. The Labute approximate surface area is 124 Å². The molecule has 1 fully saturated rings. The number of nitrogens with one attached hydrogen (secondary N) is 1. The molecule has 4 heteroatoms. The molecule has 0 bridgehead atoms. The van der Waals surface area contributed by atoms with Crippen LogP contribution in [0.15, 0.2) is 24.3 Å². The van der Waals surface area contributed by atoms with Crippen LogP contribution in [0.25, 0.3) is 0 Å². The Hall–Kier alpha value is -1.03. The Morgan fingerprint density at radius 1 is 1.10 bits per heavy atom. The Kier molecular flexibility index (Phi) is 4.97. The van der Waals surface area contributed by atoms with Crippen molar-refractivity contribution < 1.29 is 13.2 Å². The van der Waals surface area contributed by atoms with E-state index in [4.69, 9.17) is 0 Å².